The Bertz CT molecular complexity index is 510. The van der Waals surface area contributed by atoms with Gasteiger partial charge in [-0.05, 0) is 34.1 Å². The van der Waals surface area contributed by atoms with Gasteiger partial charge in [-0.2, -0.15) is 0 Å². The van der Waals surface area contributed by atoms with E-state index in [-0.39, 0.29) is 5.95 Å². The topological polar surface area (TPSA) is 82.8 Å². The van der Waals surface area contributed by atoms with E-state index in [1.165, 1.54) is 4.68 Å². The number of nitrogens with zero attached hydrogens (tertiary/aromatic N) is 3. The van der Waals surface area contributed by atoms with E-state index < -0.39 is 0 Å². The zero-order valence-electron chi connectivity index (χ0n) is 7.48. The van der Waals surface area contributed by atoms with Crippen molar-refractivity contribution in [1.82, 2.24) is 14.9 Å². The molecule has 78 valence electrons. The Morgan fingerprint density at radius 2 is 2.07 bits per heavy atom. The van der Waals surface area contributed by atoms with E-state index in [1.807, 2.05) is 0 Å². The summed E-state index contributed by atoms with van der Waals surface area (Å²) >= 11 is 9.18. The molecule has 0 amide bonds. The zero-order chi connectivity index (χ0) is 11.0. The second-order valence-electron chi connectivity index (χ2n) is 2.88. The van der Waals surface area contributed by atoms with Crippen LogP contribution in [0, 0.1) is 0 Å². The van der Waals surface area contributed by atoms with Crippen molar-refractivity contribution >= 4 is 33.5 Å². The summed E-state index contributed by atoms with van der Waals surface area (Å²) in [6.45, 7) is 0. The van der Waals surface area contributed by atoms with Gasteiger partial charge in [0.15, 0.2) is 5.82 Å². The Morgan fingerprint density at radius 1 is 1.33 bits per heavy atom. The van der Waals surface area contributed by atoms with E-state index in [0.717, 1.165) is 10.0 Å². The maximum atomic E-state index is 5.87. The zero-order valence-corrected chi connectivity index (χ0v) is 9.83. The third-order valence-electron chi connectivity index (χ3n) is 1.90. The van der Waals surface area contributed by atoms with Crippen LogP contribution in [0.3, 0.4) is 0 Å². The number of hydrogen-bond donors (Lipinski definition) is 2. The maximum Gasteiger partial charge on any atom is 0.241 e. The number of halogens is 2. The molecule has 1 aromatic carbocycles. The molecule has 0 unspecified atom stereocenters. The molecular formula is C8H7BrClN5. The van der Waals surface area contributed by atoms with Gasteiger partial charge in [-0.15, -0.1) is 10.2 Å². The minimum Gasteiger partial charge on any atom is -0.366 e. The number of benzene rings is 1. The monoisotopic (exact) mass is 287 g/mol. The van der Waals surface area contributed by atoms with Gasteiger partial charge in [0.05, 0.1) is 5.02 Å². The van der Waals surface area contributed by atoms with E-state index in [0.29, 0.717) is 10.8 Å². The predicted molar refractivity (Wildman–Crippen MR) is 62.7 cm³/mol. The Hall–Kier alpha value is -1.27. The lowest BCUT2D eigenvalue weighted by Gasteiger charge is -2.02. The molecule has 2 aromatic rings. The van der Waals surface area contributed by atoms with Gasteiger partial charge in [-0.25, -0.2) is 4.68 Å². The van der Waals surface area contributed by atoms with Crippen LogP contribution in [0.5, 0.6) is 0 Å². The number of rotatable bonds is 1. The Labute approximate surface area is 99.1 Å². The number of nitrogen functional groups attached to an aromatic ring is 2. The summed E-state index contributed by atoms with van der Waals surface area (Å²) in [5, 5.41) is 8.14. The Balaban J connectivity index is 2.55. The van der Waals surface area contributed by atoms with Crippen molar-refractivity contribution in [2.24, 2.45) is 0 Å². The van der Waals surface area contributed by atoms with Gasteiger partial charge in [-0.3, -0.25) is 0 Å². The van der Waals surface area contributed by atoms with Crippen molar-refractivity contribution in [3.8, 4) is 11.4 Å². The molecule has 0 saturated carbocycles. The second kappa shape index (κ2) is 3.71. The molecule has 0 radical (unpaired) electrons. The minimum absolute atomic E-state index is 0.163. The number of aromatic nitrogens is 3. The van der Waals surface area contributed by atoms with E-state index in [2.05, 4.69) is 26.1 Å². The van der Waals surface area contributed by atoms with Gasteiger partial charge in [0.1, 0.15) is 0 Å². The SMILES string of the molecule is Nc1nnc(-c2ccc(Cl)c(Br)c2)n1N. The maximum absolute atomic E-state index is 5.87. The molecule has 0 spiro atoms. The standard InChI is InChI=1S/C8H7BrClN5/c9-5-3-4(1-2-6(5)10)7-13-14-8(11)15(7)12/h1-3H,12H2,(H2,11,14). The molecule has 1 heterocycles. The molecule has 0 aliphatic carbocycles. The van der Waals surface area contributed by atoms with Gasteiger partial charge < -0.3 is 11.6 Å². The van der Waals surface area contributed by atoms with E-state index in [4.69, 9.17) is 23.2 Å². The van der Waals surface area contributed by atoms with Crippen LogP contribution in [0.4, 0.5) is 5.95 Å². The van der Waals surface area contributed by atoms with Crippen LogP contribution in [-0.4, -0.2) is 14.9 Å². The van der Waals surface area contributed by atoms with Crippen LogP contribution >= 0.6 is 27.5 Å². The molecule has 0 aliphatic rings. The fraction of sp³-hybridized carbons (Fsp3) is 0. The van der Waals surface area contributed by atoms with Gasteiger partial charge in [-0.1, -0.05) is 11.6 Å². The first-order valence-corrected chi connectivity index (χ1v) is 5.18. The van der Waals surface area contributed by atoms with Crippen LogP contribution in [0.1, 0.15) is 0 Å². The van der Waals surface area contributed by atoms with Crippen LogP contribution in [-0.2, 0) is 0 Å². The van der Waals surface area contributed by atoms with Crippen LogP contribution in [0.15, 0.2) is 22.7 Å². The number of anilines is 1. The predicted octanol–water partition coefficient (Wildman–Crippen LogP) is 1.66. The van der Waals surface area contributed by atoms with Gasteiger partial charge >= 0.3 is 0 Å². The summed E-state index contributed by atoms with van der Waals surface area (Å²) in [7, 11) is 0. The highest BCUT2D eigenvalue weighted by Gasteiger charge is 2.10. The minimum atomic E-state index is 0.163. The highest BCUT2D eigenvalue weighted by Crippen LogP contribution is 2.27. The molecule has 0 atom stereocenters. The molecule has 5 nitrogen and oxygen atoms in total. The van der Waals surface area contributed by atoms with E-state index in [9.17, 15) is 0 Å². The summed E-state index contributed by atoms with van der Waals surface area (Å²) < 4.78 is 1.98. The van der Waals surface area contributed by atoms with E-state index >= 15 is 0 Å². The van der Waals surface area contributed by atoms with Crippen LogP contribution in [0.25, 0.3) is 11.4 Å². The lowest BCUT2D eigenvalue weighted by molar-refractivity contribution is 1.02. The molecule has 2 rings (SSSR count). The summed E-state index contributed by atoms with van der Waals surface area (Å²) in [4.78, 5) is 0. The van der Waals surface area contributed by atoms with Crippen molar-refractivity contribution in [2.75, 3.05) is 11.6 Å². The fourth-order valence-electron chi connectivity index (χ4n) is 1.14. The molecule has 4 N–H and O–H groups in total. The summed E-state index contributed by atoms with van der Waals surface area (Å²) in [5.41, 5.74) is 6.26. The fourth-order valence-corrected chi connectivity index (χ4v) is 1.63. The first-order valence-electron chi connectivity index (χ1n) is 4.01. The van der Waals surface area contributed by atoms with Crippen LogP contribution in [0.2, 0.25) is 5.02 Å². The largest absolute Gasteiger partial charge is 0.366 e. The van der Waals surface area contributed by atoms with Gasteiger partial charge in [0.2, 0.25) is 5.95 Å². The lowest BCUT2D eigenvalue weighted by Crippen LogP contribution is -2.13. The quantitative estimate of drug-likeness (QED) is 0.782. The average Bonchev–Trinajstić information content (AvgIpc) is 2.53. The van der Waals surface area contributed by atoms with Crippen molar-refractivity contribution < 1.29 is 0 Å². The molecule has 7 heteroatoms. The highest BCUT2D eigenvalue weighted by molar-refractivity contribution is 9.10. The number of hydrogen-bond acceptors (Lipinski definition) is 4. The Morgan fingerprint density at radius 3 is 2.60 bits per heavy atom. The first kappa shape index (κ1) is 10.3. The smallest absolute Gasteiger partial charge is 0.241 e. The van der Waals surface area contributed by atoms with Gasteiger partial charge in [0.25, 0.3) is 0 Å². The van der Waals surface area contributed by atoms with Crippen LogP contribution < -0.4 is 11.6 Å². The van der Waals surface area contributed by atoms with Crippen molar-refractivity contribution in [1.29, 1.82) is 0 Å². The molecular weight excluding hydrogens is 281 g/mol. The molecule has 15 heavy (non-hydrogen) atoms. The van der Waals surface area contributed by atoms with E-state index in [1.54, 1.807) is 18.2 Å². The first-order chi connectivity index (χ1) is 7.09. The van der Waals surface area contributed by atoms with Crippen molar-refractivity contribution in [2.45, 2.75) is 0 Å². The third kappa shape index (κ3) is 1.78. The van der Waals surface area contributed by atoms with Gasteiger partial charge in [0, 0.05) is 10.0 Å². The molecule has 0 bridgehead atoms. The average molecular weight is 289 g/mol. The Kier molecular flexibility index (Phi) is 2.54. The summed E-state index contributed by atoms with van der Waals surface area (Å²) in [6.07, 6.45) is 0. The summed E-state index contributed by atoms with van der Waals surface area (Å²) in [5.74, 6) is 6.29. The third-order valence-corrected chi connectivity index (χ3v) is 3.11. The lowest BCUT2D eigenvalue weighted by atomic mass is 10.2. The number of nitrogens with two attached hydrogens (primary N) is 2. The normalized spacial score (nSPS) is 10.5. The van der Waals surface area contributed by atoms with Crippen molar-refractivity contribution in [3.63, 3.8) is 0 Å². The second-order valence-corrected chi connectivity index (χ2v) is 4.14. The molecule has 0 aliphatic heterocycles. The molecule has 1 aromatic heterocycles. The molecule has 0 saturated heterocycles. The summed E-state index contributed by atoms with van der Waals surface area (Å²) in [6, 6.07) is 5.33. The van der Waals surface area contributed by atoms with Crippen molar-refractivity contribution in [3.05, 3.63) is 27.7 Å². The molecule has 0 fully saturated rings. The highest BCUT2D eigenvalue weighted by atomic mass is 79.9.